The molecule has 0 radical (unpaired) electrons. The summed E-state index contributed by atoms with van der Waals surface area (Å²) >= 11 is 1.56. The molecule has 0 aliphatic carbocycles. The zero-order chi connectivity index (χ0) is 16.7. The number of hydrogen-bond donors (Lipinski definition) is 2. The number of fused-ring (bicyclic) bond motifs is 1. The largest absolute Gasteiger partial charge is 0.481 e. The van der Waals surface area contributed by atoms with Gasteiger partial charge in [-0.1, -0.05) is 30.8 Å². The lowest BCUT2D eigenvalue weighted by atomic mass is 10.3. The number of carbonyl (C=O) groups is 2. The zero-order valence-electron chi connectivity index (χ0n) is 13.1. The SMILES string of the molecule is CCCn1c(SCCC(=O)NCCC(=O)O)nc2ccccc21. The molecule has 2 rings (SSSR count). The highest BCUT2D eigenvalue weighted by atomic mass is 32.2. The first-order valence-electron chi connectivity index (χ1n) is 7.68. The molecule has 2 N–H and O–H groups in total. The molecule has 0 spiro atoms. The molecule has 1 aromatic carbocycles. The standard InChI is InChI=1S/C16H21N3O3S/c1-2-10-19-13-6-4-3-5-12(13)18-16(19)23-11-8-14(20)17-9-7-15(21)22/h3-6H,2,7-11H2,1H3,(H,17,20)(H,21,22). The minimum Gasteiger partial charge on any atom is -0.481 e. The first-order chi connectivity index (χ1) is 11.1. The number of para-hydroxylation sites is 2. The summed E-state index contributed by atoms with van der Waals surface area (Å²) in [7, 11) is 0. The predicted octanol–water partition coefficient (Wildman–Crippen LogP) is 2.52. The van der Waals surface area contributed by atoms with Gasteiger partial charge in [0.05, 0.1) is 17.5 Å². The first kappa shape index (κ1) is 17.3. The number of aromatic nitrogens is 2. The molecule has 7 heteroatoms. The normalized spacial score (nSPS) is 10.8. The van der Waals surface area contributed by atoms with Gasteiger partial charge in [0.25, 0.3) is 0 Å². The second-order valence-electron chi connectivity index (χ2n) is 5.13. The predicted molar refractivity (Wildman–Crippen MR) is 90.6 cm³/mol. The first-order valence-corrected chi connectivity index (χ1v) is 8.67. The number of nitrogens with one attached hydrogen (secondary N) is 1. The maximum absolute atomic E-state index is 11.7. The fraction of sp³-hybridized carbons (Fsp3) is 0.438. The Kier molecular flexibility index (Phi) is 6.46. The summed E-state index contributed by atoms with van der Waals surface area (Å²) in [4.78, 5) is 26.7. The number of carboxylic acids is 1. The van der Waals surface area contributed by atoms with Crippen molar-refractivity contribution in [2.75, 3.05) is 12.3 Å². The molecule has 0 aliphatic rings. The van der Waals surface area contributed by atoms with E-state index in [2.05, 4.69) is 27.9 Å². The number of hydrogen-bond acceptors (Lipinski definition) is 4. The second-order valence-corrected chi connectivity index (χ2v) is 6.19. The Morgan fingerprint density at radius 2 is 2.09 bits per heavy atom. The number of aliphatic carboxylic acids is 1. The Labute approximate surface area is 139 Å². The number of rotatable bonds is 9. The average Bonchev–Trinajstić information content (AvgIpc) is 2.85. The number of carboxylic acid groups (broad SMARTS) is 1. The van der Waals surface area contributed by atoms with Gasteiger partial charge in [-0.15, -0.1) is 0 Å². The lowest BCUT2D eigenvalue weighted by molar-refractivity contribution is -0.136. The fourth-order valence-electron chi connectivity index (χ4n) is 2.24. The van der Waals surface area contributed by atoms with E-state index in [1.165, 1.54) is 0 Å². The Bertz CT molecular complexity index is 684. The van der Waals surface area contributed by atoms with Gasteiger partial charge in [-0.25, -0.2) is 4.98 Å². The molecule has 124 valence electrons. The molecule has 0 bridgehead atoms. The summed E-state index contributed by atoms with van der Waals surface area (Å²) in [5.74, 6) is -0.420. The molecule has 2 aromatic rings. The molecular formula is C16H21N3O3S. The highest BCUT2D eigenvalue weighted by Crippen LogP contribution is 2.24. The summed E-state index contributed by atoms with van der Waals surface area (Å²) in [6.45, 7) is 3.19. The van der Waals surface area contributed by atoms with E-state index in [9.17, 15) is 9.59 Å². The van der Waals surface area contributed by atoms with Crippen LogP contribution >= 0.6 is 11.8 Å². The summed E-state index contributed by atoms with van der Waals surface area (Å²) in [6, 6.07) is 8.02. The number of amides is 1. The highest BCUT2D eigenvalue weighted by Gasteiger charge is 2.11. The van der Waals surface area contributed by atoms with Crippen LogP contribution < -0.4 is 5.32 Å². The Morgan fingerprint density at radius 3 is 2.83 bits per heavy atom. The number of nitrogens with zero attached hydrogens (tertiary/aromatic N) is 2. The van der Waals surface area contributed by atoms with E-state index in [1.54, 1.807) is 11.8 Å². The van der Waals surface area contributed by atoms with Crippen LogP contribution in [0.5, 0.6) is 0 Å². The summed E-state index contributed by atoms with van der Waals surface area (Å²) in [5.41, 5.74) is 2.08. The highest BCUT2D eigenvalue weighted by molar-refractivity contribution is 7.99. The van der Waals surface area contributed by atoms with Gasteiger partial charge in [0.2, 0.25) is 5.91 Å². The summed E-state index contributed by atoms with van der Waals surface area (Å²) < 4.78 is 2.18. The average molecular weight is 335 g/mol. The second kappa shape index (κ2) is 8.57. The van der Waals surface area contributed by atoms with E-state index in [0.29, 0.717) is 12.2 Å². The molecule has 0 saturated carbocycles. The third-order valence-corrected chi connectivity index (χ3v) is 4.27. The molecule has 0 aliphatic heterocycles. The van der Waals surface area contributed by atoms with Crippen LogP contribution in [-0.4, -0.2) is 38.8 Å². The van der Waals surface area contributed by atoms with Crippen LogP contribution in [0.15, 0.2) is 29.4 Å². The van der Waals surface area contributed by atoms with Crippen molar-refractivity contribution < 1.29 is 14.7 Å². The number of imidazole rings is 1. The van der Waals surface area contributed by atoms with Crippen LogP contribution in [0.3, 0.4) is 0 Å². The Hall–Kier alpha value is -2.02. The minimum absolute atomic E-state index is 0.0504. The van der Waals surface area contributed by atoms with Crippen LogP contribution in [-0.2, 0) is 16.1 Å². The third-order valence-electron chi connectivity index (χ3n) is 3.29. The van der Waals surface area contributed by atoms with Crippen molar-refractivity contribution in [1.29, 1.82) is 0 Å². The van der Waals surface area contributed by atoms with E-state index in [0.717, 1.165) is 29.2 Å². The van der Waals surface area contributed by atoms with Gasteiger partial charge in [0.15, 0.2) is 5.16 Å². The number of carbonyl (C=O) groups excluding carboxylic acids is 1. The van der Waals surface area contributed by atoms with Crippen LogP contribution in [0, 0.1) is 0 Å². The van der Waals surface area contributed by atoms with E-state index in [-0.39, 0.29) is 18.9 Å². The van der Waals surface area contributed by atoms with Crippen molar-refractivity contribution in [2.45, 2.75) is 37.9 Å². The molecule has 0 saturated heterocycles. The van der Waals surface area contributed by atoms with Crippen LogP contribution in [0.2, 0.25) is 0 Å². The van der Waals surface area contributed by atoms with Crippen molar-refractivity contribution in [2.24, 2.45) is 0 Å². The van der Waals surface area contributed by atoms with Crippen molar-refractivity contribution >= 4 is 34.7 Å². The molecule has 0 unspecified atom stereocenters. The van der Waals surface area contributed by atoms with Gasteiger partial charge >= 0.3 is 5.97 Å². The van der Waals surface area contributed by atoms with Gasteiger partial charge in [0, 0.05) is 25.3 Å². The Morgan fingerprint density at radius 1 is 1.30 bits per heavy atom. The third kappa shape index (κ3) is 4.99. The van der Waals surface area contributed by atoms with Crippen LogP contribution in [0.4, 0.5) is 0 Å². The molecule has 23 heavy (non-hydrogen) atoms. The maximum atomic E-state index is 11.7. The minimum atomic E-state index is -0.909. The fourth-order valence-corrected chi connectivity index (χ4v) is 3.21. The number of benzene rings is 1. The number of aryl methyl sites for hydroxylation is 1. The smallest absolute Gasteiger partial charge is 0.305 e. The quantitative estimate of drug-likeness (QED) is 0.688. The molecule has 0 atom stereocenters. The van der Waals surface area contributed by atoms with Crippen LogP contribution in [0.25, 0.3) is 11.0 Å². The monoisotopic (exact) mass is 335 g/mol. The topological polar surface area (TPSA) is 84.2 Å². The van der Waals surface area contributed by atoms with Gasteiger partial charge in [-0.05, 0) is 18.6 Å². The summed E-state index contributed by atoms with van der Waals surface area (Å²) in [6.07, 6.45) is 1.31. The molecule has 1 aromatic heterocycles. The molecule has 1 amide bonds. The van der Waals surface area contributed by atoms with Crippen LogP contribution in [0.1, 0.15) is 26.2 Å². The van der Waals surface area contributed by atoms with Crippen molar-refractivity contribution in [3.63, 3.8) is 0 Å². The molecular weight excluding hydrogens is 314 g/mol. The van der Waals surface area contributed by atoms with Gasteiger partial charge in [-0.3, -0.25) is 9.59 Å². The lowest BCUT2D eigenvalue weighted by Crippen LogP contribution is -2.26. The van der Waals surface area contributed by atoms with Gasteiger partial charge < -0.3 is 15.0 Å². The van der Waals surface area contributed by atoms with Crippen molar-refractivity contribution in [1.82, 2.24) is 14.9 Å². The summed E-state index contributed by atoms with van der Waals surface area (Å²) in [5, 5.41) is 12.1. The van der Waals surface area contributed by atoms with E-state index >= 15 is 0 Å². The van der Waals surface area contributed by atoms with Gasteiger partial charge in [0.1, 0.15) is 0 Å². The van der Waals surface area contributed by atoms with Crippen molar-refractivity contribution in [3.05, 3.63) is 24.3 Å². The zero-order valence-corrected chi connectivity index (χ0v) is 13.9. The van der Waals surface area contributed by atoms with E-state index in [1.807, 2.05) is 18.2 Å². The van der Waals surface area contributed by atoms with E-state index in [4.69, 9.17) is 5.11 Å². The number of thioether (sulfide) groups is 1. The van der Waals surface area contributed by atoms with E-state index < -0.39 is 5.97 Å². The molecule has 1 heterocycles. The maximum Gasteiger partial charge on any atom is 0.305 e. The molecule has 0 fully saturated rings. The molecule has 6 nitrogen and oxygen atoms in total. The Balaban J connectivity index is 1.90. The van der Waals surface area contributed by atoms with Gasteiger partial charge in [-0.2, -0.15) is 0 Å². The van der Waals surface area contributed by atoms with Crippen molar-refractivity contribution in [3.8, 4) is 0 Å². The lowest BCUT2D eigenvalue weighted by Gasteiger charge is -2.07.